The Morgan fingerprint density at radius 1 is 0.970 bits per heavy atom. The average Bonchev–Trinajstić information content (AvgIpc) is 3.36. The van der Waals surface area contributed by atoms with E-state index in [-0.39, 0.29) is 11.5 Å². The van der Waals surface area contributed by atoms with Gasteiger partial charge in [-0.25, -0.2) is 4.79 Å². The number of carboxylic acid groups (broad SMARTS) is 1. The first kappa shape index (κ1) is 21.9. The summed E-state index contributed by atoms with van der Waals surface area (Å²) in [6.45, 7) is 0.457. The largest absolute Gasteiger partial charge is 0.478 e. The number of carbonyl (C=O) groups excluding carboxylic acids is 1. The normalized spacial score (nSPS) is 11.6. The molecule has 4 N–H and O–H groups in total. The van der Waals surface area contributed by atoms with E-state index in [4.69, 9.17) is 0 Å². The van der Waals surface area contributed by atoms with Crippen molar-refractivity contribution in [2.45, 2.75) is 19.0 Å². The fourth-order valence-corrected chi connectivity index (χ4v) is 3.49. The molecule has 4 aromatic rings. The summed E-state index contributed by atoms with van der Waals surface area (Å²) >= 11 is 0. The monoisotopic (exact) mass is 441 g/mol. The molecule has 8 heteroatoms. The van der Waals surface area contributed by atoms with Crippen LogP contribution in [0.15, 0.2) is 85.5 Å². The fraction of sp³-hybridized carbons (Fsp3) is 0.120. The smallest absolute Gasteiger partial charge is 0.335 e. The lowest BCUT2D eigenvalue weighted by Crippen LogP contribution is -2.41. The highest BCUT2D eigenvalue weighted by Gasteiger charge is 2.20. The van der Waals surface area contributed by atoms with Crippen molar-refractivity contribution in [3.05, 3.63) is 102 Å². The predicted molar refractivity (Wildman–Crippen MR) is 125 cm³/mol. The van der Waals surface area contributed by atoms with Gasteiger partial charge < -0.3 is 15.7 Å². The van der Waals surface area contributed by atoms with E-state index >= 15 is 0 Å². The molecule has 1 amide bonds. The highest BCUT2D eigenvalue weighted by molar-refractivity contribution is 5.98. The van der Waals surface area contributed by atoms with E-state index in [0.29, 0.717) is 24.2 Å². The van der Waals surface area contributed by atoms with Gasteiger partial charge in [0.05, 0.1) is 17.8 Å². The first-order chi connectivity index (χ1) is 16.1. The maximum absolute atomic E-state index is 13.3. The second kappa shape index (κ2) is 10.3. The van der Waals surface area contributed by atoms with E-state index in [2.05, 4.69) is 25.8 Å². The molecular weight excluding hydrogens is 418 g/mol. The Morgan fingerprint density at radius 3 is 2.45 bits per heavy atom. The van der Waals surface area contributed by atoms with Crippen LogP contribution in [-0.4, -0.2) is 38.2 Å². The summed E-state index contributed by atoms with van der Waals surface area (Å²) in [6, 6.07) is 17.5. The molecule has 2 aromatic heterocycles. The van der Waals surface area contributed by atoms with Crippen molar-refractivity contribution in [3.63, 3.8) is 0 Å². The fourth-order valence-electron chi connectivity index (χ4n) is 3.49. The van der Waals surface area contributed by atoms with Crippen molar-refractivity contribution >= 4 is 17.6 Å². The molecule has 0 aliphatic rings. The van der Waals surface area contributed by atoms with E-state index in [1.165, 1.54) is 6.07 Å². The van der Waals surface area contributed by atoms with Crippen molar-refractivity contribution in [1.82, 2.24) is 20.5 Å². The molecule has 1 atom stereocenters. The maximum atomic E-state index is 13.3. The summed E-state index contributed by atoms with van der Waals surface area (Å²) < 4.78 is 0. The van der Waals surface area contributed by atoms with Crippen LogP contribution in [0, 0.1) is 0 Å². The van der Waals surface area contributed by atoms with Gasteiger partial charge in [-0.1, -0.05) is 30.3 Å². The topological polar surface area (TPSA) is 120 Å². The lowest BCUT2D eigenvalue weighted by atomic mass is 10.0. The second-order valence-corrected chi connectivity index (χ2v) is 7.56. The Balaban J connectivity index is 1.58. The molecule has 0 saturated carbocycles. The van der Waals surface area contributed by atoms with Gasteiger partial charge in [0.1, 0.15) is 0 Å². The van der Waals surface area contributed by atoms with Gasteiger partial charge in [-0.15, -0.1) is 0 Å². The number of nitrogens with one attached hydrogen (secondary N) is 3. The molecular formula is C25H23N5O3. The summed E-state index contributed by atoms with van der Waals surface area (Å²) in [5.74, 6) is -1.33. The first-order valence-corrected chi connectivity index (χ1v) is 10.4. The van der Waals surface area contributed by atoms with Crippen molar-refractivity contribution in [1.29, 1.82) is 0 Å². The Hall–Kier alpha value is -4.30. The maximum Gasteiger partial charge on any atom is 0.335 e. The zero-order valence-electron chi connectivity index (χ0n) is 17.7. The Kier molecular flexibility index (Phi) is 6.87. The minimum Gasteiger partial charge on any atom is -0.478 e. The number of benzene rings is 2. The highest BCUT2D eigenvalue weighted by Crippen LogP contribution is 2.25. The first-order valence-electron chi connectivity index (χ1n) is 10.4. The van der Waals surface area contributed by atoms with Crippen molar-refractivity contribution in [3.8, 4) is 11.1 Å². The number of nitrogens with zero attached hydrogens (tertiary/aromatic N) is 2. The summed E-state index contributed by atoms with van der Waals surface area (Å²) in [4.78, 5) is 28.9. The molecule has 0 aliphatic heterocycles. The molecule has 0 saturated heterocycles. The van der Waals surface area contributed by atoms with E-state index < -0.39 is 12.0 Å². The van der Waals surface area contributed by atoms with Crippen LogP contribution >= 0.6 is 0 Å². The summed E-state index contributed by atoms with van der Waals surface area (Å²) in [7, 11) is 0. The van der Waals surface area contributed by atoms with Crippen LogP contribution in [0.5, 0.6) is 0 Å². The molecule has 33 heavy (non-hydrogen) atoms. The van der Waals surface area contributed by atoms with E-state index in [1.54, 1.807) is 49.1 Å². The summed E-state index contributed by atoms with van der Waals surface area (Å²) in [5.41, 5.74) is 3.92. The Bertz CT molecular complexity index is 1210. The zero-order chi connectivity index (χ0) is 23.0. The number of hydrogen-bond donors (Lipinski definition) is 4. The van der Waals surface area contributed by atoms with E-state index in [0.717, 1.165) is 16.7 Å². The molecule has 8 nitrogen and oxygen atoms in total. The van der Waals surface area contributed by atoms with Gasteiger partial charge in [0, 0.05) is 36.4 Å². The van der Waals surface area contributed by atoms with Crippen LogP contribution in [-0.2, 0) is 17.8 Å². The number of pyridine rings is 1. The van der Waals surface area contributed by atoms with Crippen molar-refractivity contribution in [2.24, 2.45) is 0 Å². The van der Waals surface area contributed by atoms with Gasteiger partial charge in [0.2, 0.25) is 5.91 Å². The number of anilines is 1. The predicted octanol–water partition coefficient (Wildman–Crippen LogP) is 3.51. The van der Waals surface area contributed by atoms with Gasteiger partial charge >= 0.3 is 5.97 Å². The minimum atomic E-state index is -1.07. The van der Waals surface area contributed by atoms with Gasteiger partial charge in [-0.2, -0.15) is 5.10 Å². The quantitative estimate of drug-likeness (QED) is 0.316. The van der Waals surface area contributed by atoms with E-state index in [1.807, 2.05) is 30.3 Å². The van der Waals surface area contributed by atoms with Crippen LogP contribution in [0.2, 0.25) is 0 Å². The lowest BCUT2D eigenvalue weighted by Gasteiger charge is -2.19. The molecule has 0 aliphatic carbocycles. The van der Waals surface area contributed by atoms with Gasteiger partial charge in [0.25, 0.3) is 0 Å². The highest BCUT2D eigenvalue weighted by atomic mass is 16.4. The van der Waals surface area contributed by atoms with Crippen molar-refractivity contribution < 1.29 is 14.7 Å². The van der Waals surface area contributed by atoms with Crippen LogP contribution in [0.4, 0.5) is 5.69 Å². The second-order valence-electron chi connectivity index (χ2n) is 7.56. The SMILES string of the molecule is O=C(O)c1cc(NC(=O)[C@H](Cc2ccccc2)NCc2cn[nH]c2)cc(-c2ccncc2)c1. The number of hydrogen-bond acceptors (Lipinski definition) is 5. The standard InChI is InChI=1S/C25H23N5O3/c31-24(23(10-17-4-2-1-3-5-17)27-14-18-15-28-29-16-18)30-22-12-20(11-21(13-22)25(32)33)19-6-8-26-9-7-19/h1-9,11-13,15-16,23,27H,10,14H2,(H,28,29)(H,30,31)(H,32,33)/t23-/m0/s1. The summed E-state index contributed by atoms with van der Waals surface area (Å²) in [6.07, 6.45) is 7.21. The van der Waals surface area contributed by atoms with Crippen molar-refractivity contribution in [2.75, 3.05) is 5.32 Å². The van der Waals surface area contributed by atoms with Gasteiger partial charge in [-0.05, 0) is 53.4 Å². The molecule has 0 radical (unpaired) electrons. The number of aromatic carboxylic acids is 1. The number of aromatic amines is 1. The van der Waals surface area contributed by atoms with Crippen LogP contribution in [0.3, 0.4) is 0 Å². The van der Waals surface area contributed by atoms with Crippen LogP contribution in [0.1, 0.15) is 21.5 Å². The third-order valence-electron chi connectivity index (χ3n) is 5.17. The molecule has 2 aromatic carbocycles. The lowest BCUT2D eigenvalue weighted by molar-refractivity contribution is -0.118. The number of amides is 1. The number of H-pyrrole nitrogens is 1. The van der Waals surface area contributed by atoms with Gasteiger partial charge in [-0.3, -0.25) is 14.9 Å². The Morgan fingerprint density at radius 2 is 1.76 bits per heavy atom. The molecule has 0 bridgehead atoms. The number of aromatic nitrogens is 3. The minimum absolute atomic E-state index is 0.0885. The third kappa shape index (κ3) is 5.90. The van der Waals surface area contributed by atoms with Gasteiger partial charge in [0.15, 0.2) is 0 Å². The Labute approximate surface area is 190 Å². The molecule has 4 rings (SSSR count). The number of rotatable bonds is 9. The van der Waals surface area contributed by atoms with E-state index in [9.17, 15) is 14.7 Å². The number of carbonyl (C=O) groups is 2. The zero-order valence-corrected chi connectivity index (χ0v) is 17.7. The molecule has 2 heterocycles. The molecule has 0 fully saturated rings. The number of carboxylic acids is 1. The molecule has 0 unspecified atom stereocenters. The summed E-state index contributed by atoms with van der Waals surface area (Å²) in [5, 5.41) is 22.4. The third-order valence-corrected chi connectivity index (χ3v) is 5.17. The molecule has 166 valence electrons. The average molecular weight is 441 g/mol. The van der Waals surface area contributed by atoms with Crippen LogP contribution < -0.4 is 10.6 Å². The molecule has 0 spiro atoms. The van der Waals surface area contributed by atoms with Crippen LogP contribution in [0.25, 0.3) is 11.1 Å².